The normalized spacial score (nSPS) is 10.2. The van der Waals surface area contributed by atoms with E-state index in [9.17, 15) is 0 Å². The van der Waals surface area contributed by atoms with Gasteiger partial charge in [0, 0.05) is 25.9 Å². The van der Waals surface area contributed by atoms with E-state index in [2.05, 4.69) is 35.8 Å². The minimum absolute atomic E-state index is 0.876. The molecular formula is C13H14N2. The van der Waals surface area contributed by atoms with Crippen LogP contribution in [0.2, 0.25) is 0 Å². The molecule has 76 valence electrons. The van der Waals surface area contributed by atoms with Crippen LogP contribution in [0.15, 0.2) is 43.2 Å². The highest BCUT2D eigenvalue weighted by atomic mass is 15.0. The molecule has 2 rings (SSSR count). The SMILES string of the molecule is C=Cc1ccc(Cc2nccn2C)cc1. The fourth-order valence-electron chi connectivity index (χ4n) is 1.52. The first-order chi connectivity index (χ1) is 7.29. The van der Waals surface area contributed by atoms with Gasteiger partial charge >= 0.3 is 0 Å². The van der Waals surface area contributed by atoms with Crippen molar-refractivity contribution in [2.45, 2.75) is 6.42 Å². The summed E-state index contributed by atoms with van der Waals surface area (Å²) < 4.78 is 2.04. The second kappa shape index (κ2) is 4.13. The van der Waals surface area contributed by atoms with E-state index in [4.69, 9.17) is 0 Å². The van der Waals surface area contributed by atoms with Crippen LogP contribution in [0.1, 0.15) is 17.0 Å². The average molecular weight is 198 g/mol. The fourth-order valence-corrected chi connectivity index (χ4v) is 1.52. The van der Waals surface area contributed by atoms with Gasteiger partial charge in [0.05, 0.1) is 0 Å². The summed E-state index contributed by atoms with van der Waals surface area (Å²) in [6, 6.07) is 8.38. The van der Waals surface area contributed by atoms with Crippen LogP contribution < -0.4 is 0 Å². The summed E-state index contributed by atoms with van der Waals surface area (Å²) in [6.45, 7) is 3.73. The first-order valence-electron chi connectivity index (χ1n) is 4.97. The van der Waals surface area contributed by atoms with Gasteiger partial charge in [-0.15, -0.1) is 0 Å². The molecule has 0 saturated heterocycles. The van der Waals surface area contributed by atoms with Gasteiger partial charge in [0.15, 0.2) is 0 Å². The van der Waals surface area contributed by atoms with Gasteiger partial charge in [-0.25, -0.2) is 4.98 Å². The Bertz CT molecular complexity index is 452. The van der Waals surface area contributed by atoms with Crippen molar-refractivity contribution in [3.8, 4) is 0 Å². The van der Waals surface area contributed by atoms with Crippen molar-refractivity contribution in [1.29, 1.82) is 0 Å². The molecule has 0 aliphatic heterocycles. The van der Waals surface area contributed by atoms with Gasteiger partial charge < -0.3 is 4.57 Å². The molecule has 0 fully saturated rings. The number of aryl methyl sites for hydroxylation is 1. The quantitative estimate of drug-likeness (QED) is 0.741. The van der Waals surface area contributed by atoms with Gasteiger partial charge in [0.25, 0.3) is 0 Å². The molecule has 1 aromatic heterocycles. The van der Waals surface area contributed by atoms with Gasteiger partial charge in [-0.1, -0.05) is 36.9 Å². The first-order valence-corrected chi connectivity index (χ1v) is 4.97. The van der Waals surface area contributed by atoms with E-state index in [1.807, 2.05) is 30.1 Å². The number of imidazole rings is 1. The van der Waals surface area contributed by atoms with Crippen LogP contribution in [0.5, 0.6) is 0 Å². The molecule has 0 atom stereocenters. The molecule has 0 unspecified atom stereocenters. The van der Waals surface area contributed by atoms with E-state index in [1.165, 1.54) is 5.56 Å². The maximum atomic E-state index is 4.30. The summed E-state index contributed by atoms with van der Waals surface area (Å²) in [5, 5.41) is 0. The molecule has 2 nitrogen and oxygen atoms in total. The Morgan fingerprint density at radius 2 is 2.07 bits per heavy atom. The van der Waals surface area contributed by atoms with Gasteiger partial charge in [-0.3, -0.25) is 0 Å². The number of benzene rings is 1. The maximum Gasteiger partial charge on any atom is 0.112 e. The Morgan fingerprint density at radius 1 is 1.33 bits per heavy atom. The van der Waals surface area contributed by atoms with E-state index < -0.39 is 0 Å². The molecule has 0 N–H and O–H groups in total. The molecule has 0 bridgehead atoms. The number of aromatic nitrogens is 2. The van der Waals surface area contributed by atoms with Crippen LogP contribution in [-0.2, 0) is 13.5 Å². The second-order valence-corrected chi connectivity index (χ2v) is 3.58. The first kappa shape index (κ1) is 9.71. The predicted molar refractivity (Wildman–Crippen MR) is 62.5 cm³/mol. The van der Waals surface area contributed by atoms with E-state index in [0.717, 1.165) is 17.8 Å². The lowest BCUT2D eigenvalue weighted by molar-refractivity contribution is 0.822. The van der Waals surface area contributed by atoms with Crippen molar-refractivity contribution in [3.63, 3.8) is 0 Å². The Morgan fingerprint density at radius 3 is 2.60 bits per heavy atom. The van der Waals surface area contributed by atoms with Crippen LogP contribution in [0.4, 0.5) is 0 Å². The number of nitrogens with zero attached hydrogens (tertiary/aromatic N) is 2. The summed E-state index contributed by atoms with van der Waals surface area (Å²) in [7, 11) is 2.01. The summed E-state index contributed by atoms with van der Waals surface area (Å²) in [4.78, 5) is 4.30. The molecule has 1 heterocycles. The molecule has 0 aliphatic rings. The van der Waals surface area contributed by atoms with Crippen LogP contribution in [-0.4, -0.2) is 9.55 Å². The van der Waals surface area contributed by atoms with E-state index in [-0.39, 0.29) is 0 Å². The summed E-state index contributed by atoms with van der Waals surface area (Å²) >= 11 is 0. The van der Waals surface area contributed by atoms with E-state index in [1.54, 1.807) is 0 Å². The number of hydrogen-bond donors (Lipinski definition) is 0. The molecule has 0 amide bonds. The van der Waals surface area contributed by atoms with Crippen molar-refractivity contribution < 1.29 is 0 Å². The van der Waals surface area contributed by atoms with Crippen LogP contribution in [0.25, 0.3) is 6.08 Å². The second-order valence-electron chi connectivity index (χ2n) is 3.58. The van der Waals surface area contributed by atoms with Crippen molar-refractivity contribution in [1.82, 2.24) is 9.55 Å². The third-order valence-corrected chi connectivity index (χ3v) is 2.50. The third-order valence-electron chi connectivity index (χ3n) is 2.50. The van der Waals surface area contributed by atoms with Crippen LogP contribution in [0.3, 0.4) is 0 Å². The van der Waals surface area contributed by atoms with Crippen LogP contribution >= 0.6 is 0 Å². The van der Waals surface area contributed by atoms with Gasteiger partial charge in [-0.05, 0) is 11.1 Å². The lowest BCUT2D eigenvalue weighted by Gasteiger charge is -2.02. The standard InChI is InChI=1S/C13H14N2/c1-3-11-4-6-12(7-5-11)10-13-14-8-9-15(13)2/h3-9H,1,10H2,2H3. The van der Waals surface area contributed by atoms with Gasteiger partial charge in [-0.2, -0.15) is 0 Å². The molecule has 1 aromatic carbocycles. The highest BCUT2D eigenvalue weighted by molar-refractivity contribution is 5.47. The minimum Gasteiger partial charge on any atom is -0.338 e. The topological polar surface area (TPSA) is 17.8 Å². The molecule has 0 spiro atoms. The Labute approximate surface area is 89.9 Å². The smallest absolute Gasteiger partial charge is 0.112 e. The van der Waals surface area contributed by atoms with Crippen molar-refractivity contribution in [2.75, 3.05) is 0 Å². The lowest BCUT2D eigenvalue weighted by Crippen LogP contribution is -1.98. The predicted octanol–water partition coefficient (Wildman–Crippen LogP) is 2.65. The average Bonchev–Trinajstić information content (AvgIpc) is 2.66. The molecule has 2 heteroatoms. The molecule has 0 radical (unpaired) electrons. The molecule has 0 aliphatic carbocycles. The molecule has 0 saturated carbocycles. The zero-order chi connectivity index (χ0) is 10.7. The van der Waals surface area contributed by atoms with E-state index >= 15 is 0 Å². The highest BCUT2D eigenvalue weighted by Gasteiger charge is 2.00. The molecule has 15 heavy (non-hydrogen) atoms. The van der Waals surface area contributed by atoms with Crippen molar-refractivity contribution in [2.24, 2.45) is 7.05 Å². The van der Waals surface area contributed by atoms with Crippen molar-refractivity contribution in [3.05, 3.63) is 60.2 Å². The Balaban J connectivity index is 2.18. The number of rotatable bonds is 3. The maximum absolute atomic E-state index is 4.30. The monoisotopic (exact) mass is 198 g/mol. The summed E-state index contributed by atoms with van der Waals surface area (Å²) in [6.07, 6.45) is 6.52. The molecular weight excluding hydrogens is 184 g/mol. The third kappa shape index (κ3) is 2.15. The number of hydrogen-bond acceptors (Lipinski definition) is 1. The summed E-state index contributed by atoms with van der Waals surface area (Å²) in [5.74, 6) is 1.08. The van der Waals surface area contributed by atoms with E-state index in [0.29, 0.717) is 0 Å². The minimum atomic E-state index is 0.876. The fraction of sp³-hybridized carbons (Fsp3) is 0.154. The Kier molecular flexibility index (Phi) is 2.68. The van der Waals surface area contributed by atoms with Gasteiger partial charge in [0.2, 0.25) is 0 Å². The van der Waals surface area contributed by atoms with Crippen LogP contribution in [0, 0.1) is 0 Å². The van der Waals surface area contributed by atoms with Gasteiger partial charge in [0.1, 0.15) is 5.82 Å². The zero-order valence-corrected chi connectivity index (χ0v) is 8.85. The van der Waals surface area contributed by atoms with Crippen molar-refractivity contribution >= 4 is 6.08 Å². The highest BCUT2D eigenvalue weighted by Crippen LogP contribution is 2.09. The summed E-state index contributed by atoms with van der Waals surface area (Å²) in [5.41, 5.74) is 2.42. The molecule has 2 aromatic rings. The largest absolute Gasteiger partial charge is 0.338 e. The zero-order valence-electron chi connectivity index (χ0n) is 8.85. The Hall–Kier alpha value is -1.83. The lowest BCUT2D eigenvalue weighted by atomic mass is 10.1.